The Hall–Kier alpha value is -0.820. The molecule has 1 aliphatic heterocycles. The Morgan fingerprint density at radius 2 is 1.68 bits per heavy atom. The van der Waals surface area contributed by atoms with E-state index in [9.17, 15) is 13.2 Å². The lowest BCUT2D eigenvalue weighted by Crippen LogP contribution is -2.52. The number of hydrogen-bond acceptors (Lipinski definition) is 3. The van der Waals surface area contributed by atoms with E-state index in [1.807, 2.05) is 13.0 Å². The highest BCUT2D eigenvalue weighted by Gasteiger charge is 2.68. The molecule has 0 bridgehead atoms. The summed E-state index contributed by atoms with van der Waals surface area (Å²) in [6.45, 7) is 6.73. The average Bonchev–Trinajstić information content (AvgIpc) is 3.06. The van der Waals surface area contributed by atoms with Crippen LogP contribution in [0.15, 0.2) is 23.1 Å². The molecule has 2 aliphatic rings. The largest absolute Gasteiger partial charge is 0.339 e. The van der Waals surface area contributed by atoms with Crippen LogP contribution >= 0.6 is 23.2 Å². The molecule has 1 saturated carbocycles. The second-order valence-corrected chi connectivity index (χ2v) is 10.6. The number of hydrogen-bond donors (Lipinski definition) is 0. The molecular formula is C17H22Cl2N2O3S. The van der Waals surface area contributed by atoms with Gasteiger partial charge in [0.1, 0.15) is 4.33 Å². The Bertz CT molecular complexity index is 817. The van der Waals surface area contributed by atoms with Crippen LogP contribution < -0.4 is 0 Å². The van der Waals surface area contributed by atoms with Gasteiger partial charge in [-0.05, 0) is 38.8 Å². The summed E-state index contributed by atoms with van der Waals surface area (Å²) in [5.74, 6) is -0.0962. The Morgan fingerprint density at radius 3 is 2.16 bits per heavy atom. The van der Waals surface area contributed by atoms with E-state index in [0.717, 1.165) is 11.1 Å². The number of halogens is 2. The number of carbonyl (C=O) groups is 1. The summed E-state index contributed by atoms with van der Waals surface area (Å²) in [6.07, 6.45) is 0.434. The van der Waals surface area contributed by atoms with Gasteiger partial charge in [-0.3, -0.25) is 4.79 Å². The third-order valence-electron chi connectivity index (χ3n) is 5.20. The summed E-state index contributed by atoms with van der Waals surface area (Å²) in [5.41, 5.74) is 0.998. The predicted molar refractivity (Wildman–Crippen MR) is 98.4 cm³/mol. The molecule has 138 valence electrons. The summed E-state index contributed by atoms with van der Waals surface area (Å²) in [5, 5.41) is 0. The molecule has 1 unspecified atom stereocenters. The molecule has 1 amide bonds. The highest BCUT2D eigenvalue weighted by atomic mass is 35.5. The highest BCUT2D eigenvalue weighted by Crippen LogP contribution is 2.64. The average molecular weight is 405 g/mol. The Kier molecular flexibility index (Phi) is 4.64. The molecule has 0 N–H and O–H groups in total. The zero-order valence-electron chi connectivity index (χ0n) is 14.6. The van der Waals surface area contributed by atoms with Gasteiger partial charge in [-0.1, -0.05) is 17.7 Å². The minimum absolute atomic E-state index is 0.0962. The second-order valence-electron chi connectivity index (χ2n) is 7.18. The summed E-state index contributed by atoms with van der Waals surface area (Å²) in [6, 6.07) is 5.31. The summed E-state index contributed by atoms with van der Waals surface area (Å²) < 4.78 is 26.2. The van der Waals surface area contributed by atoms with E-state index in [-0.39, 0.29) is 19.0 Å². The number of nitrogens with zero attached hydrogens (tertiary/aromatic N) is 2. The maximum atomic E-state index is 12.9. The van der Waals surface area contributed by atoms with Crippen molar-refractivity contribution in [2.24, 2.45) is 5.41 Å². The van der Waals surface area contributed by atoms with Crippen molar-refractivity contribution in [1.82, 2.24) is 9.21 Å². The minimum Gasteiger partial charge on any atom is -0.339 e. The van der Waals surface area contributed by atoms with Crippen molar-refractivity contribution in [3.63, 3.8) is 0 Å². The first kappa shape index (κ1) is 19.0. The number of piperazine rings is 1. The van der Waals surface area contributed by atoms with Gasteiger partial charge in [0.05, 0.1) is 10.3 Å². The lowest BCUT2D eigenvalue weighted by atomic mass is 10.1. The molecule has 0 spiro atoms. The zero-order chi connectivity index (χ0) is 18.6. The van der Waals surface area contributed by atoms with Crippen LogP contribution in [-0.2, 0) is 14.8 Å². The smallest absolute Gasteiger partial charge is 0.243 e. The van der Waals surface area contributed by atoms with E-state index in [0.29, 0.717) is 24.4 Å². The van der Waals surface area contributed by atoms with Gasteiger partial charge in [0.2, 0.25) is 15.9 Å². The molecule has 2 fully saturated rings. The molecule has 0 radical (unpaired) electrons. The first-order valence-corrected chi connectivity index (χ1v) is 10.4. The third-order valence-corrected chi connectivity index (χ3v) is 8.36. The molecular weight excluding hydrogens is 383 g/mol. The number of aryl methyl sites for hydroxylation is 2. The fourth-order valence-electron chi connectivity index (χ4n) is 3.34. The van der Waals surface area contributed by atoms with Crippen molar-refractivity contribution in [3.8, 4) is 0 Å². The van der Waals surface area contributed by atoms with Crippen molar-refractivity contribution >= 4 is 39.1 Å². The van der Waals surface area contributed by atoms with Gasteiger partial charge >= 0.3 is 0 Å². The van der Waals surface area contributed by atoms with Crippen molar-refractivity contribution in [2.45, 2.75) is 36.4 Å². The minimum atomic E-state index is -3.56. The summed E-state index contributed by atoms with van der Waals surface area (Å²) in [7, 11) is -3.56. The molecule has 1 atom stereocenters. The van der Waals surface area contributed by atoms with Gasteiger partial charge in [0, 0.05) is 26.2 Å². The topological polar surface area (TPSA) is 57.7 Å². The number of amides is 1. The van der Waals surface area contributed by atoms with Gasteiger partial charge in [0.15, 0.2) is 0 Å². The Labute approximate surface area is 158 Å². The first-order chi connectivity index (χ1) is 11.5. The van der Waals surface area contributed by atoms with Gasteiger partial charge in [0.25, 0.3) is 0 Å². The van der Waals surface area contributed by atoms with Crippen LogP contribution in [0.4, 0.5) is 0 Å². The van der Waals surface area contributed by atoms with Gasteiger partial charge in [-0.15, -0.1) is 23.2 Å². The van der Waals surface area contributed by atoms with Crippen LogP contribution in [0.2, 0.25) is 0 Å². The van der Waals surface area contributed by atoms with Crippen LogP contribution in [0.3, 0.4) is 0 Å². The maximum Gasteiger partial charge on any atom is 0.243 e. The van der Waals surface area contributed by atoms with Crippen LogP contribution in [-0.4, -0.2) is 54.0 Å². The first-order valence-electron chi connectivity index (χ1n) is 8.24. The number of rotatable bonds is 3. The lowest BCUT2D eigenvalue weighted by Gasteiger charge is -2.35. The van der Waals surface area contributed by atoms with Gasteiger partial charge < -0.3 is 4.90 Å². The zero-order valence-corrected chi connectivity index (χ0v) is 16.9. The standard InChI is InChI=1S/C17H22Cl2N2O3S/c1-12-4-5-14(13(2)10-12)25(23,24)21-8-6-20(7-9-21)15(22)16(3)11-17(16,18)19/h4-5,10H,6-9,11H2,1-3H3. The summed E-state index contributed by atoms with van der Waals surface area (Å²) in [4.78, 5) is 14.6. The van der Waals surface area contributed by atoms with Crippen LogP contribution in [0.1, 0.15) is 24.5 Å². The molecule has 1 aromatic rings. The fraction of sp³-hybridized carbons (Fsp3) is 0.588. The SMILES string of the molecule is Cc1ccc(S(=O)(=O)N2CCN(C(=O)C3(C)CC3(Cl)Cl)CC2)c(C)c1. The second kappa shape index (κ2) is 6.12. The van der Waals surface area contributed by atoms with Crippen LogP contribution in [0.25, 0.3) is 0 Å². The maximum absolute atomic E-state index is 12.9. The molecule has 8 heteroatoms. The number of benzene rings is 1. The van der Waals surface area contributed by atoms with Crippen molar-refractivity contribution in [2.75, 3.05) is 26.2 Å². The number of sulfonamides is 1. The van der Waals surface area contributed by atoms with E-state index >= 15 is 0 Å². The van der Waals surface area contributed by atoms with Gasteiger partial charge in [-0.2, -0.15) is 4.31 Å². The number of carbonyl (C=O) groups excluding carboxylic acids is 1. The molecule has 25 heavy (non-hydrogen) atoms. The van der Waals surface area contributed by atoms with E-state index in [2.05, 4.69) is 0 Å². The molecule has 0 aromatic heterocycles. The molecule has 1 aliphatic carbocycles. The number of alkyl halides is 2. The molecule has 1 aromatic carbocycles. The van der Waals surface area contributed by atoms with E-state index in [4.69, 9.17) is 23.2 Å². The van der Waals surface area contributed by atoms with E-state index < -0.39 is 19.8 Å². The third kappa shape index (κ3) is 3.18. The van der Waals surface area contributed by atoms with Crippen molar-refractivity contribution in [3.05, 3.63) is 29.3 Å². The fourth-order valence-corrected chi connectivity index (χ4v) is 5.66. The Morgan fingerprint density at radius 1 is 1.12 bits per heavy atom. The van der Waals surface area contributed by atoms with E-state index in [1.165, 1.54) is 4.31 Å². The Balaban J connectivity index is 1.71. The molecule has 1 heterocycles. The van der Waals surface area contributed by atoms with Crippen LogP contribution in [0.5, 0.6) is 0 Å². The van der Waals surface area contributed by atoms with Crippen molar-refractivity contribution < 1.29 is 13.2 Å². The molecule has 5 nitrogen and oxygen atoms in total. The van der Waals surface area contributed by atoms with E-state index in [1.54, 1.807) is 30.9 Å². The van der Waals surface area contributed by atoms with Gasteiger partial charge in [-0.25, -0.2) is 8.42 Å². The molecule has 3 rings (SSSR count). The monoisotopic (exact) mass is 404 g/mol. The quantitative estimate of drug-likeness (QED) is 0.727. The normalized spacial score (nSPS) is 26.5. The van der Waals surface area contributed by atoms with Crippen molar-refractivity contribution in [1.29, 1.82) is 0 Å². The van der Waals surface area contributed by atoms with Crippen LogP contribution in [0, 0.1) is 19.3 Å². The lowest BCUT2D eigenvalue weighted by molar-refractivity contribution is -0.137. The highest BCUT2D eigenvalue weighted by molar-refractivity contribution is 7.89. The predicted octanol–water partition coefficient (Wildman–Crippen LogP) is 2.72. The summed E-state index contributed by atoms with van der Waals surface area (Å²) >= 11 is 12.2. The molecule has 1 saturated heterocycles.